The lowest BCUT2D eigenvalue weighted by Crippen LogP contribution is -2.17. The Bertz CT molecular complexity index is 1050. The molecule has 0 spiro atoms. The Labute approximate surface area is 173 Å². The fraction of sp³-hybridized carbons (Fsp3) is 0.304. The molecule has 0 bridgehead atoms. The minimum atomic E-state index is -4.75. The van der Waals surface area contributed by atoms with Crippen LogP contribution >= 0.6 is 0 Å². The number of benzene rings is 2. The highest BCUT2D eigenvalue weighted by molar-refractivity contribution is 5.83. The van der Waals surface area contributed by atoms with Gasteiger partial charge >= 0.3 is 6.36 Å². The summed E-state index contributed by atoms with van der Waals surface area (Å²) in [5.41, 5.74) is 6.00. The number of ether oxygens (including phenoxy) is 1. The van der Waals surface area contributed by atoms with Gasteiger partial charge in [-0.2, -0.15) is 10.2 Å². The van der Waals surface area contributed by atoms with Crippen molar-refractivity contribution in [2.45, 2.75) is 32.7 Å². The topological polar surface area (TPSA) is 38.2 Å². The van der Waals surface area contributed by atoms with Crippen LogP contribution in [0.25, 0.3) is 22.4 Å². The molecule has 156 valence electrons. The third-order valence-electron chi connectivity index (χ3n) is 5.24. The number of fused-ring (bicyclic) bond motifs is 1. The number of aryl methyl sites for hydroxylation is 2. The van der Waals surface area contributed by atoms with Crippen molar-refractivity contribution < 1.29 is 17.9 Å². The van der Waals surface area contributed by atoms with Gasteiger partial charge in [-0.05, 0) is 92.0 Å². The van der Waals surface area contributed by atoms with Crippen LogP contribution in [0.15, 0.2) is 48.5 Å². The molecule has 0 fully saturated rings. The number of aromatic nitrogens is 2. The van der Waals surface area contributed by atoms with Gasteiger partial charge in [-0.1, -0.05) is 12.1 Å². The molecule has 0 saturated carbocycles. The van der Waals surface area contributed by atoms with E-state index in [9.17, 15) is 13.2 Å². The summed E-state index contributed by atoms with van der Waals surface area (Å²) in [6.45, 7) is 3.66. The molecule has 2 heterocycles. The van der Waals surface area contributed by atoms with E-state index in [2.05, 4.69) is 39.0 Å². The van der Waals surface area contributed by atoms with E-state index in [0.29, 0.717) is 16.8 Å². The minimum absolute atomic E-state index is 0.256. The van der Waals surface area contributed by atoms with E-state index >= 15 is 0 Å². The van der Waals surface area contributed by atoms with Gasteiger partial charge in [-0.3, -0.25) is 0 Å². The Morgan fingerprint density at radius 1 is 0.933 bits per heavy atom. The Morgan fingerprint density at radius 3 is 2.50 bits per heavy atom. The van der Waals surface area contributed by atoms with Gasteiger partial charge in [0.15, 0.2) is 0 Å². The standard InChI is InChI=1S/C23H22F3N3O/c1-15-5-10-22(28-27-15)20-9-8-19(30-23(24,25)26)13-21(20)17-7-6-16-4-3-11-29(2)14-18(16)12-17/h5-10,12-13H,3-4,11,14H2,1-2H3. The molecular weight excluding hydrogens is 391 g/mol. The molecule has 3 aromatic rings. The molecule has 0 aliphatic carbocycles. The Kier molecular flexibility index (Phi) is 5.47. The molecule has 1 aliphatic heterocycles. The first-order valence-corrected chi connectivity index (χ1v) is 9.80. The quantitative estimate of drug-likeness (QED) is 0.577. The summed E-state index contributed by atoms with van der Waals surface area (Å²) in [6.07, 6.45) is -2.67. The van der Waals surface area contributed by atoms with E-state index in [1.807, 2.05) is 25.1 Å². The molecule has 7 heteroatoms. The number of hydrogen-bond donors (Lipinski definition) is 0. The largest absolute Gasteiger partial charge is 0.573 e. The van der Waals surface area contributed by atoms with Gasteiger partial charge in [0.25, 0.3) is 0 Å². The molecule has 0 unspecified atom stereocenters. The van der Waals surface area contributed by atoms with E-state index in [0.717, 1.165) is 37.2 Å². The first-order valence-electron chi connectivity index (χ1n) is 9.80. The smallest absolute Gasteiger partial charge is 0.406 e. The van der Waals surface area contributed by atoms with E-state index in [1.54, 1.807) is 6.07 Å². The van der Waals surface area contributed by atoms with Crippen molar-refractivity contribution in [1.82, 2.24) is 15.1 Å². The fourth-order valence-electron chi connectivity index (χ4n) is 3.82. The highest BCUT2D eigenvalue weighted by Crippen LogP contribution is 2.37. The third-order valence-corrected chi connectivity index (χ3v) is 5.24. The number of halogens is 3. The Hall–Kier alpha value is -2.93. The molecule has 0 atom stereocenters. The van der Waals surface area contributed by atoms with Crippen molar-refractivity contribution in [3.05, 3.63) is 65.4 Å². The highest BCUT2D eigenvalue weighted by atomic mass is 19.4. The normalized spacial score (nSPS) is 14.8. The van der Waals surface area contributed by atoms with Gasteiger partial charge in [0.1, 0.15) is 5.75 Å². The van der Waals surface area contributed by atoms with E-state index in [-0.39, 0.29) is 5.75 Å². The van der Waals surface area contributed by atoms with Crippen LogP contribution in [0.1, 0.15) is 23.2 Å². The van der Waals surface area contributed by atoms with E-state index in [4.69, 9.17) is 0 Å². The SMILES string of the molecule is Cc1ccc(-c2ccc(OC(F)(F)F)cc2-c2ccc3c(c2)CN(C)CCC3)nn1. The Balaban J connectivity index is 1.83. The summed E-state index contributed by atoms with van der Waals surface area (Å²) < 4.78 is 42.6. The van der Waals surface area contributed by atoms with Crippen LogP contribution in [-0.2, 0) is 13.0 Å². The van der Waals surface area contributed by atoms with Gasteiger partial charge in [-0.25, -0.2) is 0 Å². The van der Waals surface area contributed by atoms with Gasteiger partial charge in [-0.15, -0.1) is 13.2 Å². The molecule has 30 heavy (non-hydrogen) atoms. The summed E-state index contributed by atoms with van der Waals surface area (Å²) >= 11 is 0. The lowest BCUT2D eigenvalue weighted by atomic mass is 9.93. The first-order chi connectivity index (χ1) is 14.3. The van der Waals surface area contributed by atoms with Crippen LogP contribution < -0.4 is 4.74 Å². The second-order valence-electron chi connectivity index (χ2n) is 7.64. The molecule has 0 saturated heterocycles. The fourth-order valence-corrected chi connectivity index (χ4v) is 3.82. The molecule has 1 aliphatic rings. The van der Waals surface area contributed by atoms with Crippen LogP contribution in [0.2, 0.25) is 0 Å². The maximum atomic E-state index is 12.8. The van der Waals surface area contributed by atoms with Crippen molar-refractivity contribution in [3.63, 3.8) is 0 Å². The zero-order chi connectivity index (χ0) is 21.3. The summed E-state index contributed by atoms with van der Waals surface area (Å²) in [7, 11) is 2.08. The maximum absolute atomic E-state index is 12.8. The predicted molar refractivity (Wildman–Crippen MR) is 109 cm³/mol. The van der Waals surface area contributed by atoms with Gasteiger partial charge in [0.2, 0.25) is 0 Å². The first kappa shape index (κ1) is 20.3. The summed E-state index contributed by atoms with van der Waals surface area (Å²) in [5, 5.41) is 8.33. The zero-order valence-corrected chi connectivity index (χ0v) is 16.8. The van der Waals surface area contributed by atoms with E-state index < -0.39 is 6.36 Å². The molecule has 1 aromatic heterocycles. The molecular formula is C23H22F3N3O. The van der Waals surface area contributed by atoms with Crippen molar-refractivity contribution in [2.24, 2.45) is 0 Å². The third kappa shape index (κ3) is 4.62. The van der Waals surface area contributed by atoms with Gasteiger partial charge in [0, 0.05) is 12.1 Å². The molecule has 2 aromatic carbocycles. The predicted octanol–water partition coefficient (Wildman–Crippen LogP) is 5.40. The average molecular weight is 413 g/mol. The van der Waals surface area contributed by atoms with Gasteiger partial charge < -0.3 is 9.64 Å². The summed E-state index contributed by atoms with van der Waals surface area (Å²) in [4.78, 5) is 2.26. The van der Waals surface area contributed by atoms with Crippen molar-refractivity contribution in [2.75, 3.05) is 13.6 Å². The second kappa shape index (κ2) is 8.07. The van der Waals surface area contributed by atoms with Crippen molar-refractivity contribution in [3.8, 4) is 28.1 Å². The van der Waals surface area contributed by atoms with Gasteiger partial charge in [0.05, 0.1) is 11.4 Å². The lowest BCUT2D eigenvalue weighted by molar-refractivity contribution is -0.274. The zero-order valence-electron chi connectivity index (χ0n) is 16.8. The summed E-state index contributed by atoms with van der Waals surface area (Å²) in [6, 6.07) is 14.1. The molecule has 0 N–H and O–H groups in total. The van der Waals surface area contributed by atoms with Crippen LogP contribution in [0.4, 0.5) is 13.2 Å². The van der Waals surface area contributed by atoms with Crippen LogP contribution in [-0.4, -0.2) is 35.1 Å². The second-order valence-corrected chi connectivity index (χ2v) is 7.64. The van der Waals surface area contributed by atoms with Crippen molar-refractivity contribution in [1.29, 1.82) is 0 Å². The number of nitrogens with zero attached hydrogens (tertiary/aromatic N) is 3. The summed E-state index contributed by atoms with van der Waals surface area (Å²) in [5.74, 6) is -0.256. The molecule has 0 amide bonds. The number of rotatable bonds is 3. The monoisotopic (exact) mass is 413 g/mol. The maximum Gasteiger partial charge on any atom is 0.573 e. The average Bonchev–Trinajstić information content (AvgIpc) is 2.87. The van der Waals surface area contributed by atoms with Crippen LogP contribution in [0.5, 0.6) is 5.75 Å². The lowest BCUT2D eigenvalue weighted by Gasteiger charge is -2.17. The Morgan fingerprint density at radius 2 is 1.77 bits per heavy atom. The number of alkyl halides is 3. The number of hydrogen-bond acceptors (Lipinski definition) is 4. The van der Waals surface area contributed by atoms with Crippen LogP contribution in [0, 0.1) is 6.92 Å². The minimum Gasteiger partial charge on any atom is -0.406 e. The molecule has 0 radical (unpaired) electrons. The molecule has 4 rings (SSSR count). The van der Waals surface area contributed by atoms with Crippen molar-refractivity contribution >= 4 is 0 Å². The highest BCUT2D eigenvalue weighted by Gasteiger charge is 2.31. The molecule has 4 nitrogen and oxygen atoms in total. The van der Waals surface area contributed by atoms with Crippen LogP contribution in [0.3, 0.4) is 0 Å². The van der Waals surface area contributed by atoms with E-state index in [1.165, 1.54) is 23.3 Å².